The molecule has 0 spiro atoms. The van der Waals surface area contributed by atoms with Crippen LogP contribution in [0.5, 0.6) is 0 Å². The molecule has 0 saturated carbocycles. The van der Waals surface area contributed by atoms with Crippen LogP contribution in [0.4, 0.5) is 5.69 Å². The lowest BCUT2D eigenvalue weighted by atomic mass is 10.00. The highest BCUT2D eigenvalue weighted by Gasteiger charge is 2.10. The number of carbonyl (C=O) groups excluding carboxylic acids is 1. The summed E-state index contributed by atoms with van der Waals surface area (Å²) >= 11 is 0. The van der Waals surface area contributed by atoms with Gasteiger partial charge < -0.3 is 10.6 Å². The highest BCUT2D eigenvalue weighted by molar-refractivity contribution is 5.92. The summed E-state index contributed by atoms with van der Waals surface area (Å²) in [7, 11) is 0. The van der Waals surface area contributed by atoms with Crippen LogP contribution in [0, 0.1) is 6.92 Å². The predicted octanol–water partition coefficient (Wildman–Crippen LogP) is 4.44. The number of amides is 1. The van der Waals surface area contributed by atoms with Crippen LogP contribution in [0.15, 0.2) is 66.7 Å². The molecular formula is C21H22N2O. The van der Waals surface area contributed by atoms with Gasteiger partial charge in [0.1, 0.15) is 0 Å². The van der Waals surface area contributed by atoms with Gasteiger partial charge in [0, 0.05) is 11.7 Å². The van der Waals surface area contributed by atoms with Gasteiger partial charge in [0.2, 0.25) is 5.91 Å². The summed E-state index contributed by atoms with van der Waals surface area (Å²) in [6, 6.07) is 22.5. The third-order valence-corrected chi connectivity index (χ3v) is 4.16. The molecule has 0 unspecified atom stereocenters. The van der Waals surface area contributed by atoms with Crippen LogP contribution in [0.2, 0.25) is 0 Å². The Labute approximate surface area is 142 Å². The standard InChI is InChI=1S/C21H22N2O/c1-15-7-5-10-18(13-15)23-21(24)14-22-16(2)19-12-6-9-17-8-3-4-11-20(17)19/h3-13,16,22H,14H2,1-2H3,(H,23,24)/t16-/m1/s1. The van der Waals surface area contributed by atoms with Gasteiger partial charge in [0.25, 0.3) is 0 Å². The van der Waals surface area contributed by atoms with Crippen molar-refractivity contribution in [2.75, 3.05) is 11.9 Å². The normalized spacial score (nSPS) is 12.1. The number of fused-ring (bicyclic) bond motifs is 1. The van der Waals surface area contributed by atoms with E-state index in [1.54, 1.807) is 0 Å². The first-order valence-corrected chi connectivity index (χ1v) is 8.21. The molecule has 0 saturated heterocycles. The maximum atomic E-state index is 12.1. The van der Waals surface area contributed by atoms with Crippen molar-refractivity contribution < 1.29 is 4.79 Å². The lowest BCUT2D eigenvalue weighted by Crippen LogP contribution is -2.30. The van der Waals surface area contributed by atoms with E-state index in [4.69, 9.17) is 0 Å². The van der Waals surface area contributed by atoms with Crippen LogP contribution in [-0.4, -0.2) is 12.5 Å². The van der Waals surface area contributed by atoms with E-state index in [1.807, 2.05) is 43.3 Å². The monoisotopic (exact) mass is 318 g/mol. The fourth-order valence-electron chi connectivity index (χ4n) is 2.91. The summed E-state index contributed by atoms with van der Waals surface area (Å²) in [6.07, 6.45) is 0. The molecule has 0 aliphatic rings. The average molecular weight is 318 g/mol. The van der Waals surface area contributed by atoms with Gasteiger partial charge in [-0.3, -0.25) is 4.79 Å². The van der Waals surface area contributed by atoms with Crippen molar-refractivity contribution in [3.05, 3.63) is 77.9 Å². The van der Waals surface area contributed by atoms with Crippen LogP contribution in [0.1, 0.15) is 24.1 Å². The van der Waals surface area contributed by atoms with Gasteiger partial charge in [-0.2, -0.15) is 0 Å². The molecule has 3 heteroatoms. The molecule has 0 radical (unpaired) electrons. The Morgan fingerprint density at radius 1 is 1.00 bits per heavy atom. The van der Waals surface area contributed by atoms with Gasteiger partial charge >= 0.3 is 0 Å². The maximum absolute atomic E-state index is 12.1. The highest BCUT2D eigenvalue weighted by Crippen LogP contribution is 2.23. The summed E-state index contributed by atoms with van der Waals surface area (Å²) in [6.45, 7) is 4.37. The van der Waals surface area contributed by atoms with Gasteiger partial charge in [-0.05, 0) is 47.9 Å². The van der Waals surface area contributed by atoms with Crippen molar-refractivity contribution >= 4 is 22.4 Å². The van der Waals surface area contributed by atoms with E-state index in [0.717, 1.165) is 11.3 Å². The zero-order chi connectivity index (χ0) is 16.9. The Balaban J connectivity index is 1.64. The molecule has 1 atom stereocenters. The molecule has 0 aliphatic heterocycles. The van der Waals surface area contributed by atoms with Crippen molar-refractivity contribution in [1.82, 2.24) is 5.32 Å². The summed E-state index contributed by atoms with van der Waals surface area (Å²) in [4.78, 5) is 12.1. The number of benzene rings is 3. The Bertz CT molecular complexity index is 852. The average Bonchev–Trinajstić information content (AvgIpc) is 2.59. The summed E-state index contributed by atoms with van der Waals surface area (Å²) in [5, 5.41) is 8.68. The van der Waals surface area contributed by atoms with Crippen molar-refractivity contribution in [2.24, 2.45) is 0 Å². The fraction of sp³-hybridized carbons (Fsp3) is 0.190. The Kier molecular flexibility index (Phi) is 4.92. The topological polar surface area (TPSA) is 41.1 Å². The van der Waals surface area contributed by atoms with E-state index < -0.39 is 0 Å². The molecule has 0 aromatic heterocycles. The molecular weight excluding hydrogens is 296 g/mol. The molecule has 0 aliphatic carbocycles. The second-order valence-corrected chi connectivity index (χ2v) is 6.09. The minimum absolute atomic E-state index is 0.0345. The second kappa shape index (κ2) is 7.28. The van der Waals surface area contributed by atoms with Gasteiger partial charge in [0.05, 0.1) is 6.54 Å². The molecule has 0 heterocycles. The number of hydrogen-bond donors (Lipinski definition) is 2. The van der Waals surface area contributed by atoms with Gasteiger partial charge in [-0.25, -0.2) is 0 Å². The van der Waals surface area contributed by atoms with Crippen LogP contribution < -0.4 is 10.6 Å². The van der Waals surface area contributed by atoms with Gasteiger partial charge in [-0.15, -0.1) is 0 Å². The zero-order valence-corrected chi connectivity index (χ0v) is 14.0. The van der Waals surface area contributed by atoms with Crippen LogP contribution in [0.3, 0.4) is 0 Å². The summed E-state index contributed by atoms with van der Waals surface area (Å²) in [5.74, 6) is -0.0345. The van der Waals surface area contributed by atoms with Crippen molar-refractivity contribution in [1.29, 1.82) is 0 Å². The number of anilines is 1. The largest absolute Gasteiger partial charge is 0.325 e. The first kappa shape index (κ1) is 16.2. The third-order valence-electron chi connectivity index (χ3n) is 4.16. The quantitative estimate of drug-likeness (QED) is 0.730. The molecule has 122 valence electrons. The molecule has 1 amide bonds. The number of nitrogens with one attached hydrogen (secondary N) is 2. The lowest BCUT2D eigenvalue weighted by Gasteiger charge is -2.16. The summed E-state index contributed by atoms with van der Waals surface area (Å²) < 4.78 is 0. The minimum Gasteiger partial charge on any atom is -0.325 e. The predicted molar refractivity (Wildman–Crippen MR) is 100 cm³/mol. The van der Waals surface area contributed by atoms with E-state index in [9.17, 15) is 4.79 Å². The third kappa shape index (κ3) is 3.81. The number of carbonyl (C=O) groups is 1. The summed E-state index contributed by atoms with van der Waals surface area (Å²) in [5.41, 5.74) is 3.17. The molecule has 0 fully saturated rings. The Morgan fingerprint density at radius 2 is 1.75 bits per heavy atom. The second-order valence-electron chi connectivity index (χ2n) is 6.09. The maximum Gasteiger partial charge on any atom is 0.238 e. The number of hydrogen-bond acceptors (Lipinski definition) is 2. The van der Waals surface area contributed by atoms with Crippen molar-refractivity contribution in [2.45, 2.75) is 19.9 Å². The van der Waals surface area contributed by atoms with E-state index in [-0.39, 0.29) is 18.5 Å². The molecule has 24 heavy (non-hydrogen) atoms. The molecule has 2 N–H and O–H groups in total. The van der Waals surface area contributed by atoms with E-state index in [1.165, 1.54) is 16.3 Å². The van der Waals surface area contributed by atoms with Crippen LogP contribution in [-0.2, 0) is 4.79 Å². The SMILES string of the molecule is Cc1cccc(NC(=O)CN[C@H](C)c2cccc3ccccc23)c1. The number of aryl methyl sites for hydroxylation is 1. The number of rotatable bonds is 5. The molecule has 3 rings (SSSR count). The van der Waals surface area contributed by atoms with Crippen molar-refractivity contribution in [3.63, 3.8) is 0 Å². The Morgan fingerprint density at radius 3 is 2.58 bits per heavy atom. The first-order valence-electron chi connectivity index (χ1n) is 8.21. The van der Waals surface area contributed by atoms with Gasteiger partial charge in [0.15, 0.2) is 0 Å². The van der Waals surface area contributed by atoms with E-state index in [0.29, 0.717) is 0 Å². The first-order chi connectivity index (χ1) is 11.6. The highest BCUT2D eigenvalue weighted by atomic mass is 16.1. The van der Waals surface area contributed by atoms with Gasteiger partial charge in [-0.1, -0.05) is 54.6 Å². The Hall–Kier alpha value is -2.65. The van der Waals surface area contributed by atoms with Crippen molar-refractivity contribution in [3.8, 4) is 0 Å². The lowest BCUT2D eigenvalue weighted by molar-refractivity contribution is -0.115. The zero-order valence-electron chi connectivity index (χ0n) is 14.0. The molecule has 3 aromatic rings. The minimum atomic E-state index is -0.0345. The van der Waals surface area contributed by atoms with E-state index >= 15 is 0 Å². The smallest absolute Gasteiger partial charge is 0.238 e. The fourth-order valence-corrected chi connectivity index (χ4v) is 2.91. The van der Waals surface area contributed by atoms with Crippen LogP contribution in [0.25, 0.3) is 10.8 Å². The molecule has 3 aromatic carbocycles. The molecule has 3 nitrogen and oxygen atoms in total. The van der Waals surface area contributed by atoms with E-state index in [2.05, 4.69) is 47.9 Å². The molecule has 0 bridgehead atoms. The van der Waals surface area contributed by atoms with Crippen LogP contribution >= 0.6 is 0 Å².